The molecule has 0 fully saturated rings. The quantitative estimate of drug-likeness (QED) is 0.745. The van der Waals surface area contributed by atoms with E-state index in [1.165, 1.54) is 19.2 Å². The average Bonchev–Trinajstić information content (AvgIpc) is 2.19. The van der Waals surface area contributed by atoms with Gasteiger partial charge in [-0.2, -0.15) is 0 Å². The number of halogens is 1. The lowest BCUT2D eigenvalue weighted by atomic mass is 10.2. The average molecular weight is 213 g/mol. The molecule has 0 aromatic heterocycles. The zero-order valence-electron chi connectivity index (χ0n) is 8.29. The van der Waals surface area contributed by atoms with Gasteiger partial charge in [0.15, 0.2) is 0 Å². The smallest absolute Gasteiger partial charge is 0.226 e. The zero-order valence-corrected chi connectivity index (χ0v) is 8.29. The summed E-state index contributed by atoms with van der Waals surface area (Å²) >= 11 is 0. The van der Waals surface area contributed by atoms with Crippen molar-refractivity contribution >= 4 is 11.6 Å². The largest absolute Gasteiger partial charge is 0.508 e. The first-order valence-corrected chi connectivity index (χ1v) is 4.41. The molecule has 0 heterocycles. The molecule has 4 nitrogen and oxygen atoms in total. The predicted molar refractivity (Wildman–Crippen MR) is 53.2 cm³/mol. The van der Waals surface area contributed by atoms with Crippen molar-refractivity contribution in [3.8, 4) is 5.75 Å². The molecule has 15 heavy (non-hydrogen) atoms. The van der Waals surface area contributed by atoms with Crippen molar-refractivity contribution in [2.45, 2.75) is 6.42 Å². The molecule has 5 heteroatoms. The van der Waals surface area contributed by atoms with Crippen LogP contribution in [0, 0.1) is 5.82 Å². The molecule has 0 unspecified atom stereocenters. The Bertz CT molecular complexity index is 355. The van der Waals surface area contributed by atoms with E-state index in [9.17, 15) is 9.18 Å². The molecule has 0 saturated heterocycles. The number of carbonyl (C=O) groups is 1. The molecule has 0 atom stereocenters. The highest BCUT2D eigenvalue weighted by molar-refractivity contribution is 5.90. The summed E-state index contributed by atoms with van der Waals surface area (Å²) in [4.78, 5) is 11.2. The summed E-state index contributed by atoms with van der Waals surface area (Å²) in [6, 6.07) is 3.54. The lowest BCUT2D eigenvalue weighted by molar-refractivity contribution is -0.117. The summed E-state index contributed by atoms with van der Waals surface area (Å²) in [5.74, 6) is -1.18. The number of phenols is 1. The maximum absolute atomic E-state index is 13.1. The van der Waals surface area contributed by atoms with E-state index in [0.29, 0.717) is 0 Å². The summed E-state index contributed by atoms with van der Waals surface area (Å²) < 4.78 is 17.8. The van der Waals surface area contributed by atoms with Crippen LogP contribution in [0.3, 0.4) is 0 Å². The summed E-state index contributed by atoms with van der Waals surface area (Å²) in [5, 5.41) is 11.3. The third kappa shape index (κ3) is 3.55. The number of carbonyl (C=O) groups excluding carboxylic acids is 1. The molecule has 0 spiro atoms. The topological polar surface area (TPSA) is 58.6 Å². The highest BCUT2D eigenvalue weighted by Crippen LogP contribution is 2.19. The maximum atomic E-state index is 13.1. The van der Waals surface area contributed by atoms with E-state index in [1.807, 2.05) is 0 Å². The Morgan fingerprint density at radius 1 is 1.60 bits per heavy atom. The van der Waals surface area contributed by atoms with Crippen LogP contribution >= 0.6 is 0 Å². The molecule has 1 amide bonds. The van der Waals surface area contributed by atoms with Crippen LogP contribution in [0.4, 0.5) is 10.1 Å². The van der Waals surface area contributed by atoms with Crippen LogP contribution in [0.15, 0.2) is 18.2 Å². The van der Waals surface area contributed by atoms with E-state index in [1.54, 1.807) is 0 Å². The molecule has 1 aromatic rings. The highest BCUT2D eigenvalue weighted by atomic mass is 19.1. The van der Waals surface area contributed by atoms with Crippen molar-refractivity contribution < 1.29 is 19.0 Å². The minimum atomic E-state index is -0.666. The second-order valence-corrected chi connectivity index (χ2v) is 2.96. The molecule has 82 valence electrons. The Morgan fingerprint density at radius 2 is 2.33 bits per heavy atom. The van der Waals surface area contributed by atoms with E-state index < -0.39 is 5.82 Å². The van der Waals surface area contributed by atoms with E-state index in [4.69, 9.17) is 9.84 Å². The molecule has 0 aliphatic rings. The number of phenolic OH excluding ortho intramolecular Hbond substituents is 1. The van der Waals surface area contributed by atoms with Gasteiger partial charge in [-0.05, 0) is 12.1 Å². The van der Waals surface area contributed by atoms with Gasteiger partial charge in [-0.25, -0.2) is 4.39 Å². The molecule has 0 aliphatic heterocycles. The third-order valence-corrected chi connectivity index (χ3v) is 1.76. The number of nitrogens with one attached hydrogen (secondary N) is 1. The van der Waals surface area contributed by atoms with Crippen molar-refractivity contribution in [1.29, 1.82) is 0 Å². The molecular weight excluding hydrogens is 201 g/mol. The first kappa shape index (κ1) is 11.5. The van der Waals surface area contributed by atoms with E-state index in [-0.39, 0.29) is 30.4 Å². The van der Waals surface area contributed by atoms with Crippen LogP contribution in [0.25, 0.3) is 0 Å². The highest BCUT2D eigenvalue weighted by Gasteiger charge is 2.06. The third-order valence-electron chi connectivity index (χ3n) is 1.76. The number of benzene rings is 1. The van der Waals surface area contributed by atoms with Gasteiger partial charge in [-0.3, -0.25) is 4.79 Å². The number of anilines is 1. The van der Waals surface area contributed by atoms with Gasteiger partial charge in [0.25, 0.3) is 0 Å². The fraction of sp³-hybridized carbons (Fsp3) is 0.300. The number of methoxy groups -OCH3 is 1. The number of amides is 1. The molecule has 0 radical (unpaired) electrons. The monoisotopic (exact) mass is 213 g/mol. The summed E-state index contributed by atoms with van der Waals surface area (Å²) in [6.07, 6.45) is 0.164. The lowest BCUT2D eigenvalue weighted by Gasteiger charge is -2.05. The molecule has 0 saturated carbocycles. The van der Waals surface area contributed by atoms with Crippen LogP contribution in [-0.2, 0) is 9.53 Å². The summed E-state index contributed by atoms with van der Waals surface area (Å²) in [7, 11) is 1.48. The van der Waals surface area contributed by atoms with Gasteiger partial charge < -0.3 is 15.2 Å². The minimum absolute atomic E-state index is 0.0499. The van der Waals surface area contributed by atoms with Gasteiger partial charge in [0, 0.05) is 13.2 Å². The molecule has 1 aromatic carbocycles. The number of hydrogen-bond donors (Lipinski definition) is 2. The van der Waals surface area contributed by atoms with Crippen LogP contribution < -0.4 is 5.32 Å². The fourth-order valence-electron chi connectivity index (χ4n) is 1.01. The van der Waals surface area contributed by atoms with Crippen molar-refractivity contribution in [2.24, 2.45) is 0 Å². The maximum Gasteiger partial charge on any atom is 0.226 e. The summed E-state index contributed by atoms with van der Waals surface area (Å²) in [6.45, 7) is 0.283. The van der Waals surface area contributed by atoms with Gasteiger partial charge >= 0.3 is 0 Å². The Kier molecular flexibility index (Phi) is 4.05. The van der Waals surface area contributed by atoms with Crippen LogP contribution in [-0.4, -0.2) is 24.7 Å². The van der Waals surface area contributed by atoms with Gasteiger partial charge in [-0.1, -0.05) is 0 Å². The summed E-state index contributed by atoms with van der Waals surface area (Å²) in [5.41, 5.74) is 0.0499. The first-order valence-electron chi connectivity index (χ1n) is 4.41. The van der Waals surface area contributed by atoms with Crippen molar-refractivity contribution in [3.63, 3.8) is 0 Å². The number of ether oxygens (including phenoxy) is 1. The molecule has 1 rings (SSSR count). The second-order valence-electron chi connectivity index (χ2n) is 2.96. The van der Waals surface area contributed by atoms with Gasteiger partial charge in [0.2, 0.25) is 5.91 Å². The second kappa shape index (κ2) is 5.31. The Hall–Kier alpha value is -1.62. The fourth-order valence-corrected chi connectivity index (χ4v) is 1.01. The normalized spacial score (nSPS) is 10.0. The van der Waals surface area contributed by atoms with Crippen molar-refractivity contribution in [2.75, 3.05) is 19.0 Å². The Balaban J connectivity index is 2.60. The van der Waals surface area contributed by atoms with Crippen LogP contribution in [0.2, 0.25) is 0 Å². The Labute approximate surface area is 86.7 Å². The van der Waals surface area contributed by atoms with Gasteiger partial charge in [0.1, 0.15) is 11.6 Å². The van der Waals surface area contributed by atoms with Crippen molar-refractivity contribution in [3.05, 3.63) is 24.0 Å². The molecule has 0 aliphatic carbocycles. The van der Waals surface area contributed by atoms with Gasteiger partial charge in [-0.15, -0.1) is 0 Å². The van der Waals surface area contributed by atoms with Crippen LogP contribution in [0.5, 0.6) is 5.75 Å². The first-order chi connectivity index (χ1) is 7.13. The molecular formula is C10H12FNO3. The number of hydrogen-bond acceptors (Lipinski definition) is 3. The van der Waals surface area contributed by atoms with Crippen LogP contribution in [0.1, 0.15) is 6.42 Å². The molecule has 2 N–H and O–H groups in total. The van der Waals surface area contributed by atoms with E-state index in [2.05, 4.69) is 5.32 Å². The van der Waals surface area contributed by atoms with E-state index >= 15 is 0 Å². The van der Waals surface area contributed by atoms with Gasteiger partial charge in [0.05, 0.1) is 18.7 Å². The SMILES string of the molecule is COCCC(=O)Nc1ccc(O)cc1F. The van der Waals surface area contributed by atoms with E-state index in [0.717, 1.165) is 6.07 Å². The van der Waals surface area contributed by atoms with Crippen molar-refractivity contribution in [1.82, 2.24) is 0 Å². The molecule has 0 bridgehead atoms. The number of aromatic hydroxyl groups is 1. The zero-order chi connectivity index (χ0) is 11.3. The number of rotatable bonds is 4. The Morgan fingerprint density at radius 3 is 2.93 bits per heavy atom. The standard InChI is InChI=1S/C10H12FNO3/c1-15-5-4-10(14)12-9-3-2-7(13)6-8(9)11/h2-3,6,13H,4-5H2,1H3,(H,12,14). The predicted octanol–water partition coefficient (Wildman–Crippen LogP) is 1.51. The minimum Gasteiger partial charge on any atom is -0.508 e. The lowest BCUT2D eigenvalue weighted by Crippen LogP contribution is -2.14.